The molecule has 5 nitrogen and oxygen atoms in total. The van der Waals surface area contributed by atoms with E-state index in [0.29, 0.717) is 0 Å². The molecule has 0 bridgehead atoms. The van der Waals surface area contributed by atoms with E-state index in [-0.39, 0.29) is 5.91 Å². The molecule has 21 heavy (non-hydrogen) atoms. The van der Waals surface area contributed by atoms with Gasteiger partial charge in [-0.15, -0.1) is 0 Å². The molecule has 0 radical (unpaired) electrons. The van der Waals surface area contributed by atoms with Crippen molar-refractivity contribution in [3.05, 3.63) is 53.7 Å². The number of carbonyl (C=O) groups is 1. The Morgan fingerprint density at radius 2 is 2.14 bits per heavy atom. The molecule has 1 aromatic heterocycles. The van der Waals surface area contributed by atoms with Crippen LogP contribution in [-0.4, -0.2) is 16.9 Å². The Hall–Kier alpha value is -2.40. The second kappa shape index (κ2) is 5.54. The van der Waals surface area contributed by atoms with E-state index >= 15 is 0 Å². The van der Waals surface area contributed by atoms with Crippen LogP contribution in [0, 0.1) is 0 Å². The summed E-state index contributed by atoms with van der Waals surface area (Å²) in [4.78, 5) is 18.4. The Morgan fingerprint density at radius 1 is 1.29 bits per heavy atom. The number of carbonyl (C=O) groups excluding carboxylic acids is 1. The standard InChI is InChI=1S/C16H18N4O/c1-11(17)16(21)19-14-6-4-5-12-9-20(10-13(12)14)15-7-2-3-8-18-15/h2-8,11H,9-10,17H2,1H3,(H,19,21)/t11-/m1/s1. The molecule has 1 aliphatic rings. The third kappa shape index (κ3) is 2.73. The first kappa shape index (κ1) is 13.6. The summed E-state index contributed by atoms with van der Waals surface area (Å²) in [5.41, 5.74) is 8.80. The van der Waals surface area contributed by atoms with E-state index in [4.69, 9.17) is 5.73 Å². The largest absolute Gasteiger partial charge is 0.348 e. The number of hydrogen-bond acceptors (Lipinski definition) is 4. The van der Waals surface area contributed by atoms with Gasteiger partial charge in [0.2, 0.25) is 5.91 Å². The van der Waals surface area contributed by atoms with Crippen molar-refractivity contribution in [1.29, 1.82) is 0 Å². The molecule has 108 valence electrons. The van der Waals surface area contributed by atoms with Crippen LogP contribution in [0.3, 0.4) is 0 Å². The van der Waals surface area contributed by atoms with Crippen LogP contribution in [0.2, 0.25) is 0 Å². The van der Waals surface area contributed by atoms with Crippen molar-refractivity contribution in [1.82, 2.24) is 4.98 Å². The predicted molar refractivity (Wildman–Crippen MR) is 82.8 cm³/mol. The molecule has 1 aromatic carbocycles. The zero-order valence-electron chi connectivity index (χ0n) is 11.9. The number of nitrogens with zero attached hydrogens (tertiary/aromatic N) is 2. The minimum absolute atomic E-state index is 0.167. The molecule has 1 amide bonds. The first-order valence-corrected chi connectivity index (χ1v) is 6.98. The predicted octanol–water partition coefficient (Wildman–Crippen LogP) is 1.89. The summed E-state index contributed by atoms with van der Waals surface area (Å²) in [6.45, 7) is 3.22. The molecule has 2 aromatic rings. The number of fused-ring (bicyclic) bond motifs is 1. The van der Waals surface area contributed by atoms with Gasteiger partial charge in [0.15, 0.2) is 0 Å². The second-order valence-corrected chi connectivity index (χ2v) is 5.27. The van der Waals surface area contributed by atoms with Crippen LogP contribution in [-0.2, 0) is 17.9 Å². The number of rotatable bonds is 3. The Balaban J connectivity index is 1.85. The van der Waals surface area contributed by atoms with Gasteiger partial charge in [-0.1, -0.05) is 18.2 Å². The second-order valence-electron chi connectivity index (χ2n) is 5.27. The molecular weight excluding hydrogens is 264 g/mol. The lowest BCUT2D eigenvalue weighted by atomic mass is 10.1. The van der Waals surface area contributed by atoms with Gasteiger partial charge < -0.3 is 16.0 Å². The molecule has 0 saturated heterocycles. The van der Waals surface area contributed by atoms with E-state index in [9.17, 15) is 4.79 Å². The molecule has 1 atom stereocenters. The van der Waals surface area contributed by atoms with Gasteiger partial charge in [-0.05, 0) is 36.2 Å². The molecule has 0 saturated carbocycles. The highest BCUT2D eigenvalue weighted by atomic mass is 16.2. The molecule has 0 spiro atoms. The fraction of sp³-hybridized carbons (Fsp3) is 0.250. The van der Waals surface area contributed by atoms with E-state index in [1.807, 2.05) is 30.3 Å². The fourth-order valence-corrected chi connectivity index (χ4v) is 2.49. The van der Waals surface area contributed by atoms with Gasteiger partial charge in [-0.25, -0.2) is 4.98 Å². The molecule has 2 heterocycles. The molecule has 1 aliphatic heterocycles. The van der Waals surface area contributed by atoms with Crippen LogP contribution >= 0.6 is 0 Å². The average Bonchev–Trinajstić information content (AvgIpc) is 2.93. The van der Waals surface area contributed by atoms with Crippen LogP contribution in [0.25, 0.3) is 0 Å². The fourth-order valence-electron chi connectivity index (χ4n) is 2.49. The van der Waals surface area contributed by atoms with Crippen molar-refractivity contribution in [3.63, 3.8) is 0 Å². The number of aromatic nitrogens is 1. The number of nitrogens with one attached hydrogen (secondary N) is 1. The summed E-state index contributed by atoms with van der Waals surface area (Å²) in [5.74, 6) is 0.776. The molecule has 3 N–H and O–H groups in total. The summed E-state index contributed by atoms with van der Waals surface area (Å²) in [5, 5.41) is 2.90. The lowest BCUT2D eigenvalue weighted by Crippen LogP contribution is -2.32. The van der Waals surface area contributed by atoms with Gasteiger partial charge >= 0.3 is 0 Å². The molecular formula is C16H18N4O. The van der Waals surface area contributed by atoms with Crippen molar-refractivity contribution in [2.24, 2.45) is 5.73 Å². The number of hydrogen-bond donors (Lipinski definition) is 2. The van der Waals surface area contributed by atoms with Crippen LogP contribution in [0.5, 0.6) is 0 Å². The van der Waals surface area contributed by atoms with Crippen LogP contribution in [0.4, 0.5) is 11.5 Å². The summed E-state index contributed by atoms with van der Waals surface area (Å²) in [6, 6.07) is 11.3. The molecule has 3 rings (SSSR count). The molecule has 0 unspecified atom stereocenters. The van der Waals surface area contributed by atoms with Crippen LogP contribution < -0.4 is 16.0 Å². The Kier molecular flexibility index (Phi) is 3.58. The third-order valence-corrected chi connectivity index (χ3v) is 3.63. The monoisotopic (exact) mass is 282 g/mol. The van der Waals surface area contributed by atoms with E-state index in [1.54, 1.807) is 13.1 Å². The normalized spacial score (nSPS) is 14.7. The highest BCUT2D eigenvalue weighted by Gasteiger charge is 2.23. The maximum atomic E-state index is 11.8. The number of anilines is 2. The lowest BCUT2D eigenvalue weighted by molar-refractivity contribution is -0.117. The van der Waals surface area contributed by atoms with Crippen molar-refractivity contribution in [3.8, 4) is 0 Å². The summed E-state index contributed by atoms with van der Waals surface area (Å²) >= 11 is 0. The van der Waals surface area contributed by atoms with Crippen LogP contribution in [0.15, 0.2) is 42.6 Å². The minimum Gasteiger partial charge on any atom is -0.348 e. The smallest absolute Gasteiger partial charge is 0.241 e. The van der Waals surface area contributed by atoms with Gasteiger partial charge in [0.05, 0.1) is 6.04 Å². The maximum absolute atomic E-state index is 11.8. The Labute approximate surface area is 123 Å². The Morgan fingerprint density at radius 3 is 2.86 bits per heavy atom. The first-order chi connectivity index (χ1) is 10.1. The third-order valence-electron chi connectivity index (χ3n) is 3.63. The first-order valence-electron chi connectivity index (χ1n) is 6.98. The minimum atomic E-state index is -0.519. The zero-order chi connectivity index (χ0) is 14.8. The van der Waals surface area contributed by atoms with Gasteiger partial charge in [0.1, 0.15) is 5.82 Å². The van der Waals surface area contributed by atoms with Crippen molar-refractivity contribution in [2.75, 3.05) is 10.2 Å². The quantitative estimate of drug-likeness (QED) is 0.902. The summed E-state index contributed by atoms with van der Waals surface area (Å²) in [7, 11) is 0. The molecule has 5 heteroatoms. The van der Waals surface area contributed by atoms with Gasteiger partial charge in [-0.3, -0.25) is 4.79 Å². The average molecular weight is 282 g/mol. The van der Waals surface area contributed by atoms with Crippen molar-refractivity contribution in [2.45, 2.75) is 26.1 Å². The number of amides is 1. The van der Waals surface area contributed by atoms with E-state index in [0.717, 1.165) is 30.2 Å². The van der Waals surface area contributed by atoms with E-state index < -0.39 is 6.04 Å². The topological polar surface area (TPSA) is 71.2 Å². The number of pyridine rings is 1. The summed E-state index contributed by atoms with van der Waals surface area (Å²) < 4.78 is 0. The van der Waals surface area contributed by atoms with E-state index in [2.05, 4.69) is 21.3 Å². The van der Waals surface area contributed by atoms with Crippen molar-refractivity contribution >= 4 is 17.4 Å². The lowest BCUT2D eigenvalue weighted by Gasteiger charge is -2.16. The molecule has 0 fully saturated rings. The highest BCUT2D eigenvalue weighted by Crippen LogP contribution is 2.31. The molecule has 0 aliphatic carbocycles. The van der Waals surface area contributed by atoms with Crippen molar-refractivity contribution < 1.29 is 4.79 Å². The Bertz CT molecular complexity index is 655. The number of benzene rings is 1. The van der Waals surface area contributed by atoms with Gasteiger partial charge in [0.25, 0.3) is 0 Å². The van der Waals surface area contributed by atoms with Gasteiger partial charge in [0, 0.05) is 25.0 Å². The van der Waals surface area contributed by atoms with Crippen LogP contribution in [0.1, 0.15) is 18.1 Å². The maximum Gasteiger partial charge on any atom is 0.241 e. The summed E-state index contributed by atoms with van der Waals surface area (Å²) in [6.07, 6.45) is 1.79. The zero-order valence-corrected chi connectivity index (χ0v) is 11.9. The van der Waals surface area contributed by atoms with E-state index in [1.165, 1.54) is 5.56 Å². The number of nitrogens with two attached hydrogens (primary N) is 1. The van der Waals surface area contributed by atoms with Gasteiger partial charge in [-0.2, -0.15) is 0 Å². The SMILES string of the molecule is C[C@@H](N)C(=O)Nc1cccc2c1CN(c1ccccn1)C2. The highest BCUT2D eigenvalue weighted by molar-refractivity contribution is 5.95.